The Bertz CT molecular complexity index is 219. The first-order valence-corrected chi connectivity index (χ1v) is 5.36. The molecule has 0 aliphatic carbocycles. The van der Waals surface area contributed by atoms with E-state index in [0.29, 0.717) is 6.54 Å². The van der Waals surface area contributed by atoms with Gasteiger partial charge in [-0.15, -0.1) is 0 Å². The monoisotopic (exact) mass is 215 g/mol. The minimum absolute atomic E-state index is 0.0641. The largest absolute Gasteiger partial charge is 0.373 e. The van der Waals surface area contributed by atoms with Crippen LogP contribution in [-0.4, -0.2) is 55.7 Å². The molecule has 1 heterocycles. The van der Waals surface area contributed by atoms with Gasteiger partial charge < -0.3 is 15.8 Å². The molecule has 0 radical (unpaired) electrons. The van der Waals surface area contributed by atoms with Gasteiger partial charge in [0.25, 0.3) is 0 Å². The molecule has 0 unspecified atom stereocenters. The lowest BCUT2D eigenvalue weighted by atomic mass is 10.1. The first kappa shape index (κ1) is 12.4. The average molecular weight is 215 g/mol. The van der Waals surface area contributed by atoms with Gasteiger partial charge in [-0.25, -0.2) is 0 Å². The number of carbonyl (C=O) groups excluding carboxylic acids is 1. The van der Waals surface area contributed by atoms with Crippen LogP contribution in [0.25, 0.3) is 0 Å². The van der Waals surface area contributed by atoms with Gasteiger partial charge in [-0.05, 0) is 13.8 Å². The van der Waals surface area contributed by atoms with Crippen LogP contribution in [0.15, 0.2) is 0 Å². The van der Waals surface area contributed by atoms with Crippen LogP contribution in [0.2, 0.25) is 0 Å². The lowest BCUT2D eigenvalue weighted by Crippen LogP contribution is -2.50. The zero-order chi connectivity index (χ0) is 11.3. The number of amides is 1. The Balaban J connectivity index is 2.18. The van der Waals surface area contributed by atoms with E-state index in [1.54, 1.807) is 0 Å². The first-order chi connectivity index (χ1) is 7.03. The quantitative estimate of drug-likeness (QED) is 0.642. The van der Waals surface area contributed by atoms with E-state index in [-0.39, 0.29) is 18.1 Å². The Morgan fingerprint density at radius 2 is 2.33 bits per heavy atom. The third-order valence-electron chi connectivity index (χ3n) is 2.44. The van der Waals surface area contributed by atoms with Crippen molar-refractivity contribution in [1.29, 1.82) is 0 Å². The molecule has 0 saturated carbocycles. The zero-order valence-corrected chi connectivity index (χ0v) is 9.58. The number of hydrogen-bond acceptors (Lipinski definition) is 4. The Morgan fingerprint density at radius 3 is 2.93 bits per heavy atom. The van der Waals surface area contributed by atoms with E-state index in [0.717, 1.165) is 26.2 Å². The Kier molecular flexibility index (Phi) is 4.50. The van der Waals surface area contributed by atoms with Crippen molar-refractivity contribution in [3.05, 3.63) is 0 Å². The number of rotatable bonds is 4. The van der Waals surface area contributed by atoms with Crippen molar-refractivity contribution >= 4 is 5.91 Å². The molecule has 1 rings (SSSR count). The van der Waals surface area contributed by atoms with E-state index in [9.17, 15) is 4.79 Å². The summed E-state index contributed by atoms with van der Waals surface area (Å²) in [7, 11) is 0. The number of nitrogens with two attached hydrogens (primary N) is 1. The van der Waals surface area contributed by atoms with Crippen LogP contribution in [0.5, 0.6) is 0 Å². The van der Waals surface area contributed by atoms with E-state index >= 15 is 0 Å². The molecule has 0 aromatic heterocycles. The van der Waals surface area contributed by atoms with Gasteiger partial charge in [0.05, 0.1) is 18.8 Å². The minimum Gasteiger partial charge on any atom is -0.373 e. The predicted molar refractivity (Wildman–Crippen MR) is 58.5 cm³/mol. The van der Waals surface area contributed by atoms with Crippen molar-refractivity contribution in [2.75, 3.05) is 39.3 Å². The van der Waals surface area contributed by atoms with Crippen molar-refractivity contribution in [3.63, 3.8) is 0 Å². The van der Waals surface area contributed by atoms with E-state index in [1.807, 2.05) is 0 Å². The highest BCUT2D eigenvalue weighted by atomic mass is 16.5. The van der Waals surface area contributed by atoms with Gasteiger partial charge in [-0.2, -0.15) is 0 Å². The van der Waals surface area contributed by atoms with Gasteiger partial charge in [-0.1, -0.05) is 0 Å². The number of nitrogens with zero attached hydrogens (tertiary/aromatic N) is 1. The molecule has 0 aromatic rings. The second kappa shape index (κ2) is 5.44. The van der Waals surface area contributed by atoms with Crippen molar-refractivity contribution in [2.24, 2.45) is 5.73 Å². The Morgan fingerprint density at radius 1 is 1.60 bits per heavy atom. The molecule has 0 spiro atoms. The van der Waals surface area contributed by atoms with Gasteiger partial charge in [0.1, 0.15) is 0 Å². The lowest BCUT2D eigenvalue weighted by molar-refractivity contribution is -0.120. The number of ether oxygens (including phenoxy) is 1. The van der Waals surface area contributed by atoms with Gasteiger partial charge in [-0.3, -0.25) is 9.69 Å². The van der Waals surface area contributed by atoms with Crippen molar-refractivity contribution in [1.82, 2.24) is 10.2 Å². The molecule has 1 fully saturated rings. The summed E-state index contributed by atoms with van der Waals surface area (Å²) in [5, 5.41) is 2.76. The fourth-order valence-corrected chi connectivity index (χ4v) is 1.73. The molecule has 88 valence electrons. The molecule has 15 heavy (non-hydrogen) atoms. The summed E-state index contributed by atoms with van der Waals surface area (Å²) in [6.45, 7) is 8.35. The summed E-state index contributed by atoms with van der Waals surface area (Å²) < 4.78 is 5.60. The highest BCUT2D eigenvalue weighted by Gasteiger charge is 2.26. The third kappa shape index (κ3) is 4.59. The molecular formula is C10H21N3O2. The smallest absolute Gasteiger partial charge is 0.233 e. The highest BCUT2D eigenvalue weighted by Crippen LogP contribution is 2.15. The fraction of sp³-hybridized carbons (Fsp3) is 0.900. The summed E-state index contributed by atoms with van der Waals surface area (Å²) in [4.78, 5) is 13.2. The summed E-state index contributed by atoms with van der Waals surface area (Å²) >= 11 is 0. The average Bonchev–Trinajstić information content (AvgIpc) is 2.16. The summed E-state index contributed by atoms with van der Waals surface area (Å²) in [5.74, 6) is -0.0949. The number of nitrogens with one attached hydrogen (secondary N) is 1. The fourth-order valence-electron chi connectivity index (χ4n) is 1.73. The molecule has 5 nitrogen and oxygen atoms in total. The molecule has 5 heteroatoms. The highest BCUT2D eigenvalue weighted by molar-refractivity contribution is 5.77. The van der Waals surface area contributed by atoms with Gasteiger partial charge >= 0.3 is 0 Å². The van der Waals surface area contributed by atoms with E-state index < -0.39 is 0 Å². The summed E-state index contributed by atoms with van der Waals surface area (Å²) in [6.07, 6.45) is 0. The van der Waals surface area contributed by atoms with Crippen LogP contribution in [0.1, 0.15) is 13.8 Å². The van der Waals surface area contributed by atoms with Gasteiger partial charge in [0.15, 0.2) is 0 Å². The molecule has 0 bridgehead atoms. The maximum Gasteiger partial charge on any atom is 0.233 e. The Hall–Kier alpha value is -0.650. The molecule has 1 saturated heterocycles. The van der Waals surface area contributed by atoms with Crippen LogP contribution in [0.4, 0.5) is 0 Å². The van der Waals surface area contributed by atoms with Crippen LogP contribution < -0.4 is 11.1 Å². The topological polar surface area (TPSA) is 67.6 Å². The van der Waals surface area contributed by atoms with E-state index in [4.69, 9.17) is 10.5 Å². The maximum absolute atomic E-state index is 10.9. The Labute approximate surface area is 90.9 Å². The van der Waals surface area contributed by atoms with Crippen LogP contribution >= 0.6 is 0 Å². The number of carbonyl (C=O) groups is 1. The molecule has 1 aliphatic heterocycles. The molecule has 1 amide bonds. The van der Waals surface area contributed by atoms with Crippen molar-refractivity contribution < 1.29 is 9.53 Å². The maximum atomic E-state index is 10.9. The van der Waals surface area contributed by atoms with Crippen LogP contribution in [0, 0.1) is 0 Å². The number of hydrogen-bond donors (Lipinski definition) is 2. The molecule has 3 N–H and O–H groups in total. The van der Waals surface area contributed by atoms with Gasteiger partial charge in [0, 0.05) is 26.2 Å². The van der Waals surface area contributed by atoms with E-state index in [2.05, 4.69) is 24.1 Å². The third-order valence-corrected chi connectivity index (χ3v) is 2.44. The second-order valence-electron chi connectivity index (χ2n) is 4.44. The molecule has 1 aliphatic rings. The summed E-state index contributed by atoms with van der Waals surface area (Å²) in [5.41, 5.74) is 5.12. The molecular weight excluding hydrogens is 194 g/mol. The standard InChI is InChI=1S/C10H21N3O2/c1-10(2)8-13(5-6-15-10)4-3-12-9(14)7-11/h3-8,11H2,1-2H3,(H,12,14). The first-order valence-electron chi connectivity index (χ1n) is 5.36. The normalized spacial score (nSPS) is 21.3. The summed E-state index contributed by atoms with van der Waals surface area (Å²) in [6, 6.07) is 0. The zero-order valence-electron chi connectivity index (χ0n) is 9.58. The molecule has 0 aromatic carbocycles. The van der Waals surface area contributed by atoms with E-state index in [1.165, 1.54) is 0 Å². The number of morpholine rings is 1. The SMILES string of the molecule is CC1(C)CN(CCNC(=O)CN)CCO1. The van der Waals surface area contributed by atoms with Crippen LogP contribution in [-0.2, 0) is 9.53 Å². The van der Waals surface area contributed by atoms with Crippen LogP contribution in [0.3, 0.4) is 0 Å². The predicted octanol–water partition coefficient (Wildman–Crippen LogP) is -0.828. The van der Waals surface area contributed by atoms with Crippen molar-refractivity contribution in [2.45, 2.75) is 19.4 Å². The van der Waals surface area contributed by atoms with Crippen molar-refractivity contribution in [3.8, 4) is 0 Å². The minimum atomic E-state index is -0.0949. The second-order valence-corrected chi connectivity index (χ2v) is 4.44. The lowest BCUT2D eigenvalue weighted by Gasteiger charge is -2.38. The molecule has 0 atom stereocenters. The van der Waals surface area contributed by atoms with Gasteiger partial charge in [0.2, 0.25) is 5.91 Å².